The predicted molar refractivity (Wildman–Crippen MR) is 117 cm³/mol. The minimum absolute atomic E-state index is 0.213. The van der Waals surface area contributed by atoms with Crippen molar-refractivity contribution in [1.82, 2.24) is 14.6 Å². The van der Waals surface area contributed by atoms with Crippen molar-refractivity contribution >= 4 is 40.1 Å². The summed E-state index contributed by atoms with van der Waals surface area (Å²) in [6.07, 6.45) is 4.03. The van der Waals surface area contributed by atoms with Gasteiger partial charge in [0.2, 0.25) is 4.96 Å². The molecular weight excluding hydrogens is 422 g/mol. The quantitative estimate of drug-likeness (QED) is 0.494. The SMILES string of the molecule is O=c1nc2sc(=CC3=Cc4ccccc4OC3)c(=O)n2nc1Cc1ccc(Cl)cc1. The number of benzene rings is 2. The molecule has 0 aliphatic carbocycles. The number of rotatable bonds is 3. The van der Waals surface area contributed by atoms with Crippen molar-refractivity contribution in [3.63, 3.8) is 0 Å². The van der Waals surface area contributed by atoms with E-state index in [4.69, 9.17) is 16.3 Å². The van der Waals surface area contributed by atoms with Gasteiger partial charge in [-0.25, -0.2) is 0 Å². The molecule has 0 spiro atoms. The van der Waals surface area contributed by atoms with Crippen LogP contribution >= 0.6 is 22.9 Å². The zero-order valence-corrected chi connectivity index (χ0v) is 17.1. The number of hydrogen-bond donors (Lipinski definition) is 0. The molecule has 0 atom stereocenters. The van der Waals surface area contributed by atoms with Gasteiger partial charge in [0.25, 0.3) is 11.1 Å². The molecule has 0 amide bonds. The Balaban J connectivity index is 1.55. The molecule has 2 aromatic carbocycles. The van der Waals surface area contributed by atoms with Gasteiger partial charge < -0.3 is 4.74 Å². The molecule has 4 aromatic rings. The summed E-state index contributed by atoms with van der Waals surface area (Å²) in [6, 6.07) is 14.8. The molecule has 0 N–H and O–H groups in total. The lowest BCUT2D eigenvalue weighted by Gasteiger charge is -2.15. The summed E-state index contributed by atoms with van der Waals surface area (Å²) < 4.78 is 7.39. The Morgan fingerprint density at radius 3 is 2.77 bits per heavy atom. The Bertz CT molecular complexity index is 1470. The highest BCUT2D eigenvalue weighted by Crippen LogP contribution is 2.26. The van der Waals surface area contributed by atoms with Crippen LogP contribution < -0.4 is 20.4 Å². The largest absolute Gasteiger partial charge is 0.488 e. The zero-order chi connectivity index (χ0) is 20.7. The summed E-state index contributed by atoms with van der Waals surface area (Å²) in [5.74, 6) is 0.814. The number of thiazole rings is 1. The first-order valence-electron chi connectivity index (χ1n) is 9.18. The van der Waals surface area contributed by atoms with Crippen LogP contribution in [0.4, 0.5) is 0 Å². The second-order valence-corrected chi connectivity index (χ2v) is 8.27. The number of ether oxygens (including phenoxy) is 1. The van der Waals surface area contributed by atoms with Gasteiger partial charge in [-0.15, -0.1) is 0 Å². The Morgan fingerprint density at radius 2 is 1.93 bits per heavy atom. The van der Waals surface area contributed by atoms with E-state index in [1.165, 1.54) is 4.52 Å². The highest BCUT2D eigenvalue weighted by Gasteiger charge is 2.13. The van der Waals surface area contributed by atoms with Gasteiger partial charge in [0, 0.05) is 17.0 Å². The van der Waals surface area contributed by atoms with Crippen LogP contribution in [0.5, 0.6) is 5.75 Å². The topological polar surface area (TPSA) is 73.6 Å². The molecule has 30 heavy (non-hydrogen) atoms. The van der Waals surface area contributed by atoms with Gasteiger partial charge in [0.15, 0.2) is 0 Å². The van der Waals surface area contributed by atoms with E-state index >= 15 is 0 Å². The minimum Gasteiger partial charge on any atom is -0.488 e. The monoisotopic (exact) mass is 435 g/mol. The van der Waals surface area contributed by atoms with E-state index in [0.29, 0.717) is 16.2 Å². The van der Waals surface area contributed by atoms with Crippen LogP contribution in [0.2, 0.25) is 5.02 Å². The first kappa shape index (κ1) is 18.7. The van der Waals surface area contributed by atoms with Gasteiger partial charge in [0.05, 0.1) is 4.53 Å². The lowest BCUT2D eigenvalue weighted by atomic mass is 10.1. The van der Waals surface area contributed by atoms with Crippen molar-refractivity contribution in [3.05, 3.63) is 101 Å². The molecule has 0 saturated carbocycles. The van der Waals surface area contributed by atoms with Crippen LogP contribution in [-0.4, -0.2) is 21.2 Å². The molecule has 1 aliphatic rings. The average Bonchev–Trinajstić information content (AvgIpc) is 3.04. The van der Waals surface area contributed by atoms with Gasteiger partial charge >= 0.3 is 0 Å². The first-order valence-corrected chi connectivity index (χ1v) is 10.4. The molecule has 0 fully saturated rings. The molecule has 2 aromatic heterocycles. The highest BCUT2D eigenvalue weighted by atomic mass is 35.5. The summed E-state index contributed by atoms with van der Waals surface area (Å²) in [5, 5.41) is 4.89. The number of hydrogen-bond acceptors (Lipinski definition) is 6. The lowest BCUT2D eigenvalue weighted by Crippen LogP contribution is -2.28. The van der Waals surface area contributed by atoms with Crippen molar-refractivity contribution in [2.45, 2.75) is 6.42 Å². The van der Waals surface area contributed by atoms with Gasteiger partial charge in [-0.2, -0.15) is 14.6 Å². The smallest absolute Gasteiger partial charge is 0.296 e. The summed E-state index contributed by atoms with van der Waals surface area (Å²) >= 11 is 7.04. The van der Waals surface area contributed by atoms with Gasteiger partial charge in [-0.05, 0) is 41.5 Å². The summed E-state index contributed by atoms with van der Waals surface area (Å²) in [5.41, 5.74) is 2.15. The van der Waals surface area contributed by atoms with Crippen LogP contribution in [0.1, 0.15) is 16.8 Å². The number of fused-ring (bicyclic) bond motifs is 2. The van der Waals surface area contributed by atoms with Gasteiger partial charge in [0.1, 0.15) is 18.1 Å². The normalized spacial score (nSPS) is 13.8. The number of halogens is 1. The molecular formula is C22H14ClN3O3S. The molecule has 3 heterocycles. The highest BCUT2D eigenvalue weighted by molar-refractivity contribution is 7.15. The van der Waals surface area contributed by atoms with E-state index in [2.05, 4.69) is 10.1 Å². The van der Waals surface area contributed by atoms with E-state index in [-0.39, 0.29) is 22.6 Å². The van der Waals surface area contributed by atoms with E-state index in [1.54, 1.807) is 18.2 Å². The Kier molecular flexibility index (Phi) is 4.69. The van der Waals surface area contributed by atoms with Crippen molar-refractivity contribution in [1.29, 1.82) is 0 Å². The van der Waals surface area contributed by atoms with Crippen LogP contribution in [0.25, 0.3) is 17.1 Å². The summed E-state index contributed by atoms with van der Waals surface area (Å²) in [7, 11) is 0. The fraction of sp³-hybridized carbons (Fsp3) is 0.0909. The van der Waals surface area contributed by atoms with E-state index in [9.17, 15) is 9.59 Å². The van der Waals surface area contributed by atoms with Crippen LogP contribution in [-0.2, 0) is 6.42 Å². The van der Waals surface area contributed by atoms with E-state index < -0.39 is 5.56 Å². The predicted octanol–water partition coefficient (Wildman–Crippen LogP) is 2.73. The molecule has 6 nitrogen and oxygen atoms in total. The molecule has 0 radical (unpaired) electrons. The average molecular weight is 436 g/mol. The molecule has 0 unspecified atom stereocenters. The minimum atomic E-state index is -0.438. The fourth-order valence-electron chi connectivity index (χ4n) is 3.23. The second kappa shape index (κ2) is 7.51. The van der Waals surface area contributed by atoms with Crippen molar-refractivity contribution in [2.24, 2.45) is 0 Å². The number of nitrogens with zero attached hydrogens (tertiary/aromatic N) is 3. The summed E-state index contributed by atoms with van der Waals surface area (Å²) in [4.78, 5) is 29.6. The third kappa shape index (κ3) is 3.53. The zero-order valence-electron chi connectivity index (χ0n) is 15.5. The maximum absolute atomic E-state index is 12.9. The molecule has 0 bridgehead atoms. The molecule has 8 heteroatoms. The van der Waals surface area contributed by atoms with E-state index in [1.807, 2.05) is 42.5 Å². The molecule has 0 saturated heterocycles. The fourth-order valence-corrected chi connectivity index (χ4v) is 4.28. The van der Waals surface area contributed by atoms with Crippen LogP contribution in [0.3, 0.4) is 0 Å². The Hall–Kier alpha value is -3.29. The molecule has 148 valence electrons. The van der Waals surface area contributed by atoms with Gasteiger partial charge in [-0.3, -0.25) is 9.59 Å². The van der Waals surface area contributed by atoms with Crippen molar-refractivity contribution in [3.8, 4) is 5.75 Å². The lowest BCUT2D eigenvalue weighted by molar-refractivity contribution is 0.352. The van der Waals surface area contributed by atoms with Crippen molar-refractivity contribution < 1.29 is 4.74 Å². The Morgan fingerprint density at radius 1 is 1.13 bits per heavy atom. The first-order chi connectivity index (χ1) is 14.6. The maximum Gasteiger partial charge on any atom is 0.296 e. The Labute approximate surface area is 179 Å². The molecule has 5 rings (SSSR count). The van der Waals surface area contributed by atoms with Crippen LogP contribution in [0.15, 0.2) is 63.7 Å². The third-order valence-electron chi connectivity index (χ3n) is 4.71. The van der Waals surface area contributed by atoms with Gasteiger partial charge in [-0.1, -0.05) is 53.3 Å². The third-order valence-corrected chi connectivity index (χ3v) is 5.92. The second-order valence-electron chi connectivity index (χ2n) is 6.82. The number of para-hydroxylation sites is 1. The van der Waals surface area contributed by atoms with E-state index in [0.717, 1.165) is 33.8 Å². The standard InChI is InChI=1S/C22H14ClN3O3S/c23-16-7-5-13(6-8-16)10-17-20(27)24-22-26(25-17)21(28)19(30-22)11-14-9-15-3-1-2-4-18(15)29-12-14/h1-9,11H,10,12H2. The number of aromatic nitrogens is 3. The molecule has 1 aliphatic heterocycles. The summed E-state index contributed by atoms with van der Waals surface area (Å²) in [6.45, 7) is 0.366. The van der Waals surface area contributed by atoms with Crippen molar-refractivity contribution in [2.75, 3.05) is 6.61 Å². The maximum atomic E-state index is 12.9. The van der Waals surface area contributed by atoms with Crippen LogP contribution in [0, 0.1) is 0 Å².